The summed E-state index contributed by atoms with van der Waals surface area (Å²) >= 11 is 4.66. The van der Waals surface area contributed by atoms with Crippen LogP contribution in [0.3, 0.4) is 0 Å². The molecule has 154 valence electrons. The van der Waals surface area contributed by atoms with Gasteiger partial charge in [0, 0.05) is 32.1 Å². The average Bonchev–Trinajstić information content (AvgIpc) is 3.03. The summed E-state index contributed by atoms with van der Waals surface area (Å²) in [5.74, 6) is -1.03. The fraction of sp³-hybridized carbons (Fsp3) is 0.143. The van der Waals surface area contributed by atoms with Gasteiger partial charge in [-0.25, -0.2) is 4.79 Å². The summed E-state index contributed by atoms with van der Waals surface area (Å²) in [5.41, 5.74) is 2.35. The van der Waals surface area contributed by atoms with Crippen LogP contribution >= 0.6 is 27.3 Å². The quantitative estimate of drug-likeness (QED) is 0.280. The first-order valence-electron chi connectivity index (χ1n) is 8.77. The Morgan fingerprint density at radius 2 is 1.80 bits per heavy atom. The van der Waals surface area contributed by atoms with Gasteiger partial charge in [0.05, 0.1) is 12.0 Å². The first-order valence-corrected chi connectivity index (χ1v) is 10.4. The number of nitro groups is 1. The van der Waals surface area contributed by atoms with Crippen molar-refractivity contribution >= 4 is 49.8 Å². The summed E-state index contributed by atoms with van der Waals surface area (Å²) in [7, 11) is 1.28. The normalized spacial score (nSPS) is 10.5. The Hall–Kier alpha value is -3.04. The molecule has 3 rings (SSSR count). The van der Waals surface area contributed by atoms with E-state index < -0.39 is 16.8 Å². The van der Waals surface area contributed by atoms with Gasteiger partial charge in [0.15, 0.2) is 0 Å². The van der Waals surface area contributed by atoms with E-state index in [1.807, 2.05) is 31.2 Å². The van der Waals surface area contributed by atoms with Gasteiger partial charge in [0.25, 0.3) is 11.6 Å². The summed E-state index contributed by atoms with van der Waals surface area (Å²) in [6, 6.07) is 11.6. The predicted octanol–water partition coefficient (Wildman–Crippen LogP) is 5.74. The second-order valence-electron chi connectivity index (χ2n) is 6.45. The Balaban J connectivity index is 2.02. The second-order valence-corrected chi connectivity index (χ2v) is 8.59. The maximum atomic E-state index is 12.8. The summed E-state index contributed by atoms with van der Waals surface area (Å²) in [6.07, 6.45) is 0. The van der Waals surface area contributed by atoms with E-state index in [-0.39, 0.29) is 16.8 Å². The SMILES string of the molecule is COC(=O)c1c(NC(=O)c2ccc([N+](=O)[O-])c(C)c2)sc(C)c1-c1ccc(Br)cc1. The molecular formula is C21H17BrN2O5S. The lowest BCUT2D eigenvalue weighted by atomic mass is 10.0. The van der Waals surface area contributed by atoms with Crippen molar-refractivity contribution in [1.82, 2.24) is 0 Å². The predicted molar refractivity (Wildman–Crippen MR) is 119 cm³/mol. The molecule has 2 aromatic carbocycles. The fourth-order valence-electron chi connectivity index (χ4n) is 3.07. The number of hydrogen-bond donors (Lipinski definition) is 1. The zero-order chi connectivity index (χ0) is 22.0. The molecule has 0 radical (unpaired) electrons. The molecule has 1 amide bonds. The van der Waals surface area contributed by atoms with Crippen molar-refractivity contribution in [3.8, 4) is 11.1 Å². The molecule has 0 saturated heterocycles. The smallest absolute Gasteiger partial charge is 0.341 e. The number of methoxy groups -OCH3 is 1. The molecule has 0 atom stereocenters. The van der Waals surface area contributed by atoms with Gasteiger partial charge in [0.2, 0.25) is 0 Å². The number of nitrogens with zero attached hydrogens (tertiary/aromatic N) is 1. The topological polar surface area (TPSA) is 98.5 Å². The van der Waals surface area contributed by atoms with E-state index in [0.717, 1.165) is 14.9 Å². The Morgan fingerprint density at radius 3 is 2.37 bits per heavy atom. The van der Waals surface area contributed by atoms with Gasteiger partial charge in [-0.15, -0.1) is 11.3 Å². The number of carbonyl (C=O) groups is 2. The first kappa shape index (κ1) is 21.7. The van der Waals surface area contributed by atoms with Crippen LogP contribution in [0.2, 0.25) is 0 Å². The third-order valence-electron chi connectivity index (χ3n) is 4.49. The van der Waals surface area contributed by atoms with Crippen LogP contribution in [0.25, 0.3) is 11.1 Å². The molecule has 0 saturated carbocycles. The first-order chi connectivity index (χ1) is 14.2. The van der Waals surface area contributed by atoms with Crippen LogP contribution in [-0.2, 0) is 4.74 Å². The standard InChI is InChI=1S/C21H17BrN2O5S/c1-11-10-14(6-9-16(11)24(27)28)19(25)23-20-18(21(26)29-3)17(12(2)30-20)13-4-7-15(22)8-5-13/h4-10H,1-3H3,(H,23,25). The van der Waals surface area contributed by atoms with Gasteiger partial charge in [0.1, 0.15) is 10.6 Å². The number of ether oxygens (including phenoxy) is 1. The highest BCUT2D eigenvalue weighted by atomic mass is 79.9. The number of nitrogens with one attached hydrogen (secondary N) is 1. The van der Waals surface area contributed by atoms with E-state index in [2.05, 4.69) is 21.2 Å². The van der Waals surface area contributed by atoms with E-state index in [1.165, 1.54) is 36.6 Å². The summed E-state index contributed by atoms with van der Waals surface area (Å²) in [5, 5.41) is 14.1. The number of amides is 1. The van der Waals surface area contributed by atoms with Crippen molar-refractivity contribution in [3.05, 3.63) is 78.6 Å². The number of esters is 1. The Bertz CT molecular complexity index is 1150. The van der Waals surface area contributed by atoms with Crippen molar-refractivity contribution in [2.45, 2.75) is 13.8 Å². The molecule has 0 aliphatic carbocycles. The molecule has 0 bridgehead atoms. The molecular weight excluding hydrogens is 472 g/mol. The van der Waals surface area contributed by atoms with Gasteiger partial charge in [-0.05, 0) is 43.7 Å². The Kier molecular flexibility index (Phi) is 6.33. The molecule has 7 nitrogen and oxygen atoms in total. The molecule has 1 aromatic heterocycles. The van der Waals surface area contributed by atoms with E-state index in [0.29, 0.717) is 16.1 Å². The minimum Gasteiger partial charge on any atom is -0.465 e. The maximum Gasteiger partial charge on any atom is 0.341 e. The van der Waals surface area contributed by atoms with Gasteiger partial charge in [-0.1, -0.05) is 28.1 Å². The zero-order valence-corrected chi connectivity index (χ0v) is 18.7. The second kappa shape index (κ2) is 8.76. The highest BCUT2D eigenvalue weighted by Crippen LogP contribution is 2.41. The number of nitro benzene ring substituents is 1. The number of thiophene rings is 1. The average molecular weight is 489 g/mol. The van der Waals surface area contributed by atoms with Crippen LogP contribution in [0.4, 0.5) is 10.7 Å². The number of benzene rings is 2. The lowest BCUT2D eigenvalue weighted by molar-refractivity contribution is -0.385. The number of carbonyl (C=O) groups excluding carboxylic acids is 2. The van der Waals surface area contributed by atoms with Gasteiger partial charge >= 0.3 is 5.97 Å². The van der Waals surface area contributed by atoms with Crippen LogP contribution in [-0.4, -0.2) is 23.9 Å². The summed E-state index contributed by atoms with van der Waals surface area (Å²) in [6.45, 7) is 3.43. The lowest BCUT2D eigenvalue weighted by Crippen LogP contribution is -2.14. The monoisotopic (exact) mass is 488 g/mol. The van der Waals surface area contributed by atoms with Crippen LogP contribution in [0.15, 0.2) is 46.9 Å². The van der Waals surface area contributed by atoms with Gasteiger partial charge < -0.3 is 10.1 Å². The molecule has 0 spiro atoms. The van der Waals surface area contributed by atoms with Crippen molar-refractivity contribution in [3.63, 3.8) is 0 Å². The fourth-order valence-corrected chi connectivity index (χ4v) is 4.39. The molecule has 30 heavy (non-hydrogen) atoms. The number of aryl methyl sites for hydroxylation is 2. The zero-order valence-electron chi connectivity index (χ0n) is 16.3. The number of rotatable bonds is 5. The van der Waals surface area contributed by atoms with Crippen molar-refractivity contribution in [2.24, 2.45) is 0 Å². The highest BCUT2D eigenvalue weighted by molar-refractivity contribution is 9.10. The highest BCUT2D eigenvalue weighted by Gasteiger charge is 2.25. The molecule has 1 heterocycles. The number of hydrogen-bond acceptors (Lipinski definition) is 6. The van der Waals surface area contributed by atoms with Crippen LogP contribution in [0.1, 0.15) is 31.2 Å². The van der Waals surface area contributed by atoms with Crippen molar-refractivity contribution in [1.29, 1.82) is 0 Å². The Labute approximate surface area is 185 Å². The molecule has 9 heteroatoms. The molecule has 0 aliphatic rings. The maximum absolute atomic E-state index is 12.8. The number of anilines is 1. The van der Waals surface area contributed by atoms with E-state index in [9.17, 15) is 19.7 Å². The van der Waals surface area contributed by atoms with Crippen LogP contribution < -0.4 is 5.32 Å². The molecule has 1 N–H and O–H groups in total. The molecule has 0 unspecified atom stereocenters. The van der Waals surface area contributed by atoms with Crippen molar-refractivity contribution in [2.75, 3.05) is 12.4 Å². The molecule has 3 aromatic rings. The largest absolute Gasteiger partial charge is 0.465 e. The summed E-state index contributed by atoms with van der Waals surface area (Å²) < 4.78 is 5.86. The summed E-state index contributed by atoms with van der Waals surface area (Å²) in [4.78, 5) is 36.7. The Morgan fingerprint density at radius 1 is 1.13 bits per heavy atom. The number of halogens is 1. The third-order valence-corrected chi connectivity index (χ3v) is 6.04. The minimum absolute atomic E-state index is 0.0636. The van der Waals surface area contributed by atoms with Crippen LogP contribution in [0, 0.1) is 24.0 Å². The minimum atomic E-state index is -0.563. The molecule has 0 aliphatic heterocycles. The van der Waals surface area contributed by atoms with Gasteiger partial charge in [-0.3, -0.25) is 14.9 Å². The molecule has 0 fully saturated rings. The van der Waals surface area contributed by atoms with Gasteiger partial charge in [-0.2, -0.15) is 0 Å². The van der Waals surface area contributed by atoms with E-state index in [1.54, 1.807) is 6.92 Å². The van der Waals surface area contributed by atoms with Crippen molar-refractivity contribution < 1.29 is 19.2 Å². The third kappa shape index (κ3) is 4.27. The van der Waals surface area contributed by atoms with Crippen LogP contribution in [0.5, 0.6) is 0 Å². The lowest BCUT2D eigenvalue weighted by Gasteiger charge is -2.09. The van der Waals surface area contributed by atoms with E-state index >= 15 is 0 Å². The van der Waals surface area contributed by atoms with E-state index in [4.69, 9.17) is 4.74 Å².